The lowest BCUT2D eigenvalue weighted by Crippen LogP contribution is -2.04. The summed E-state index contributed by atoms with van der Waals surface area (Å²) in [5, 5.41) is 4.99. The summed E-state index contributed by atoms with van der Waals surface area (Å²) in [6.07, 6.45) is 5.11. The molecule has 5 nitrogen and oxygen atoms in total. The number of ether oxygens (including phenoxy) is 1. The van der Waals surface area contributed by atoms with Crippen LogP contribution in [0.2, 0.25) is 0 Å². The van der Waals surface area contributed by atoms with Crippen molar-refractivity contribution in [2.75, 3.05) is 0 Å². The van der Waals surface area contributed by atoms with Crippen LogP contribution in [0.3, 0.4) is 0 Å². The minimum atomic E-state index is -0.652. The highest BCUT2D eigenvalue weighted by Gasteiger charge is 2.18. The molecular formula is C19H11BrF2N4O. The second-order valence-electron chi connectivity index (χ2n) is 5.79. The third-order valence-electron chi connectivity index (χ3n) is 4.05. The minimum Gasteiger partial charge on any atom is -0.455 e. The van der Waals surface area contributed by atoms with E-state index < -0.39 is 11.6 Å². The van der Waals surface area contributed by atoms with Crippen LogP contribution in [-0.2, 0) is 6.54 Å². The molecule has 0 bridgehead atoms. The normalized spacial score (nSPS) is 10.9. The lowest BCUT2D eigenvalue weighted by Gasteiger charge is -2.14. The average Bonchev–Trinajstić information content (AvgIpc) is 3.27. The van der Waals surface area contributed by atoms with E-state index >= 15 is 0 Å². The molecule has 4 rings (SSSR count). The van der Waals surface area contributed by atoms with Gasteiger partial charge in [0.25, 0.3) is 0 Å². The van der Waals surface area contributed by atoms with Gasteiger partial charge in [0.05, 0.1) is 23.8 Å². The number of hydrogen-bond donors (Lipinski definition) is 1. The summed E-state index contributed by atoms with van der Waals surface area (Å²) in [6.45, 7) is 7.29. The van der Waals surface area contributed by atoms with Crippen molar-refractivity contribution in [2.24, 2.45) is 0 Å². The maximum Gasteiger partial charge on any atom is 0.225 e. The quantitative estimate of drug-likeness (QED) is 0.417. The molecule has 0 radical (unpaired) electrons. The van der Waals surface area contributed by atoms with Crippen LogP contribution in [0.15, 0.2) is 53.4 Å². The molecule has 0 unspecified atom stereocenters. The Hall–Kier alpha value is -3.18. The second kappa shape index (κ2) is 6.85. The number of rotatable bonds is 4. The molecule has 0 aliphatic heterocycles. The van der Waals surface area contributed by atoms with Crippen LogP contribution in [-0.4, -0.2) is 14.8 Å². The van der Waals surface area contributed by atoms with Gasteiger partial charge in [-0.2, -0.15) is 5.10 Å². The number of nitrogens with zero attached hydrogens (tertiary/aromatic N) is 3. The van der Waals surface area contributed by atoms with Crippen LogP contribution >= 0.6 is 15.9 Å². The minimum absolute atomic E-state index is 0.0104. The van der Waals surface area contributed by atoms with E-state index in [-0.39, 0.29) is 23.7 Å². The number of H-pyrrole nitrogens is 1. The fraction of sp³-hybridized carbons (Fsp3) is 0.0526. The van der Waals surface area contributed by atoms with Crippen molar-refractivity contribution < 1.29 is 13.5 Å². The van der Waals surface area contributed by atoms with E-state index in [1.54, 1.807) is 23.3 Å². The third kappa shape index (κ3) is 3.29. The fourth-order valence-corrected chi connectivity index (χ4v) is 3.17. The van der Waals surface area contributed by atoms with Gasteiger partial charge in [0, 0.05) is 34.9 Å². The Morgan fingerprint density at radius 2 is 2.07 bits per heavy atom. The largest absolute Gasteiger partial charge is 0.455 e. The Balaban J connectivity index is 1.82. The van der Waals surface area contributed by atoms with Gasteiger partial charge < -0.3 is 9.72 Å². The maximum atomic E-state index is 14.8. The lowest BCUT2D eigenvalue weighted by atomic mass is 10.1. The predicted molar refractivity (Wildman–Crippen MR) is 100 cm³/mol. The molecule has 4 aromatic rings. The highest BCUT2D eigenvalue weighted by Crippen LogP contribution is 2.36. The smallest absolute Gasteiger partial charge is 0.225 e. The van der Waals surface area contributed by atoms with E-state index in [0.717, 1.165) is 15.9 Å². The third-order valence-corrected chi connectivity index (χ3v) is 4.46. The van der Waals surface area contributed by atoms with Crippen molar-refractivity contribution in [3.8, 4) is 11.5 Å². The van der Waals surface area contributed by atoms with Crippen LogP contribution in [0.4, 0.5) is 14.5 Å². The van der Waals surface area contributed by atoms with Gasteiger partial charge in [0.15, 0.2) is 11.6 Å². The molecule has 2 aromatic heterocycles. The summed E-state index contributed by atoms with van der Waals surface area (Å²) in [4.78, 5) is 6.09. The summed E-state index contributed by atoms with van der Waals surface area (Å²) >= 11 is 3.34. The van der Waals surface area contributed by atoms with E-state index in [0.29, 0.717) is 11.1 Å². The second-order valence-corrected chi connectivity index (χ2v) is 6.70. The number of aromatic amines is 1. The number of benzene rings is 2. The van der Waals surface area contributed by atoms with Gasteiger partial charge in [-0.05, 0) is 40.2 Å². The maximum absolute atomic E-state index is 14.8. The van der Waals surface area contributed by atoms with Crippen molar-refractivity contribution >= 4 is 32.5 Å². The first-order chi connectivity index (χ1) is 13.0. The highest BCUT2D eigenvalue weighted by molar-refractivity contribution is 9.10. The van der Waals surface area contributed by atoms with E-state index in [2.05, 4.69) is 30.9 Å². The van der Waals surface area contributed by atoms with Gasteiger partial charge in [-0.3, -0.25) is 4.68 Å². The van der Waals surface area contributed by atoms with E-state index in [4.69, 9.17) is 11.3 Å². The van der Waals surface area contributed by atoms with Crippen molar-refractivity contribution in [1.29, 1.82) is 0 Å². The molecule has 0 atom stereocenters. The van der Waals surface area contributed by atoms with Crippen LogP contribution in [0.5, 0.6) is 11.5 Å². The molecule has 2 aromatic carbocycles. The lowest BCUT2D eigenvalue weighted by molar-refractivity contribution is 0.434. The number of halogens is 3. The fourth-order valence-electron chi connectivity index (χ4n) is 2.84. The summed E-state index contributed by atoms with van der Waals surface area (Å²) in [6, 6.07) is 6.90. The van der Waals surface area contributed by atoms with Crippen molar-refractivity contribution in [1.82, 2.24) is 14.8 Å². The van der Waals surface area contributed by atoms with Crippen LogP contribution < -0.4 is 4.74 Å². The molecule has 0 spiro atoms. The van der Waals surface area contributed by atoms with Crippen LogP contribution in [0.25, 0.3) is 15.7 Å². The van der Waals surface area contributed by atoms with E-state index in [1.807, 2.05) is 6.07 Å². The van der Waals surface area contributed by atoms with Crippen LogP contribution in [0.1, 0.15) is 5.56 Å². The summed E-state index contributed by atoms with van der Waals surface area (Å²) in [5.74, 6) is -1.03. The molecule has 8 heteroatoms. The zero-order valence-corrected chi connectivity index (χ0v) is 15.3. The molecule has 0 aliphatic rings. The molecule has 1 N–H and O–H groups in total. The Labute approximate surface area is 161 Å². The molecule has 27 heavy (non-hydrogen) atoms. The first-order valence-electron chi connectivity index (χ1n) is 7.86. The van der Waals surface area contributed by atoms with Gasteiger partial charge in [0.2, 0.25) is 5.69 Å². The Morgan fingerprint density at radius 3 is 2.81 bits per heavy atom. The summed E-state index contributed by atoms with van der Waals surface area (Å²) in [5.41, 5.74) is 1.02. The van der Waals surface area contributed by atoms with E-state index in [1.165, 1.54) is 18.2 Å². The zero-order chi connectivity index (χ0) is 19.0. The first kappa shape index (κ1) is 17.2. The zero-order valence-electron chi connectivity index (χ0n) is 13.7. The monoisotopic (exact) mass is 428 g/mol. The molecule has 0 amide bonds. The van der Waals surface area contributed by atoms with Crippen molar-refractivity contribution in [2.45, 2.75) is 6.54 Å². The molecule has 0 aliphatic carbocycles. The van der Waals surface area contributed by atoms with Crippen molar-refractivity contribution in [3.05, 3.63) is 82.0 Å². The average molecular weight is 429 g/mol. The Bertz CT molecular complexity index is 1190. The summed E-state index contributed by atoms with van der Waals surface area (Å²) in [7, 11) is 0. The van der Waals surface area contributed by atoms with Gasteiger partial charge in [-0.15, -0.1) is 0 Å². The standard InChI is InChI=1S/C19H11BrF2N4O/c1-23-18-6-12(2-3-15(18)21)27-19-14(10-26-9-11(20)8-25-26)13-4-5-24-17(13)7-16(19)22/h2-9,24H,10H2. The number of fused-ring (bicyclic) bond motifs is 1. The topological polar surface area (TPSA) is 47.2 Å². The molecule has 0 fully saturated rings. The van der Waals surface area contributed by atoms with E-state index in [9.17, 15) is 8.78 Å². The van der Waals surface area contributed by atoms with Gasteiger partial charge in [-0.25, -0.2) is 13.6 Å². The Morgan fingerprint density at radius 1 is 1.22 bits per heavy atom. The number of aromatic nitrogens is 3. The first-order valence-corrected chi connectivity index (χ1v) is 8.66. The molecule has 134 valence electrons. The molecule has 2 heterocycles. The molecule has 0 saturated carbocycles. The van der Waals surface area contributed by atoms with Gasteiger partial charge >= 0.3 is 0 Å². The van der Waals surface area contributed by atoms with Gasteiger partial charge in [-0.1, -0.05) is 0 Å². The van der Waals surface area contributed by atoms with Gasteiger partial charge in [0.1, 0.15) is 11.6 Å². The molecular weight excluding hydrogens is 418 g/mol. The highest BCUT2D eigenvalue weighted by atomic mass is 79.9. The predicted octanol–water partition coefficient (Wildman–Crippen LogP) is 5.80. The van der Waals surface area contributed by atoms with Crippen molar-refractivity contribution in [3.63, 3.8) is 0 Å². The Kier molecular flexibility index (Phi) is 4.38. The van der Waals surface area contributed by atoms with Crippen LogP contribution in [0, 0.1) is 18.2 Å². The molecule has 0 saturated heterocycles. The number of nitrogens with one attached hydrogen (secondary N) is 1. The SMILES string of the molecule is [C-]#[N+]c1cc(Oc2c(F)cc3[nH]ccc3c2Cn2cc(Br)cn2)ccc1F. The summed E-state index contributed by atoms with van der Waals surface area (Å²) < 4.78 is 36.5. The number of hydrogen-bond acceptors (Lipinski definition) is 2.